The summed E-state index contributed by atoms with van der Waals surface area (Å²) in [5, 5.41) is 10.6. The molecular weight excluding hydrogens is 350 g/mol. The van der Waals surface area contributed by atoms with Crippen molar-refractivity contribution in [1.82, 2.24) is 19.6 Å². The second-order valence-corrected chi connectivity index (χ2v) is 6.08. The number of anilines is 1. The van der Waals surface area contributed by atoms with Gasteiger partial charge < -0.3 is 5.32 Å². The lowest BCUT2D eigenvalue weighted by Crippen LogP contribution is -2.05. The molecule has 3 heterocycles. The molecule has 0 radical (unpaired) electrons. The van der Waals surface area contributed by atoms with Crippen LogP contribution in [0, 0.1) is 6.92 Å². The van der Waals surface area contributed by atoms with Crippen LogP contribution < -0.4 is 5.32 Å². The molecule has 5 nitrogen and oxygen atoms in total. The molecule has 19 heavy (non-hydrogen) atoms. The number of nitrogens with one attached hydrogen (secondary N) is 1. The summed E-state index contributed by atoms with van der Waals surface area (Å²) in [4.78, 5) is 8.48. The molecule has 0 fully saturated rings. The molecule has 3 aromatic rings. The van der Waals surface area contributed by atoms with Crippen LogP contribution in [0.3, 0.4) is 0 Å². The minimum atomic E-state index is 0.205. The van der Waals surface area contributed by atoms with E-state index in [0.717, 1.165) is 20.6 Å². The standard InChI is InChI=1S/C11H9BrClN5S/c1-6-7(12)5-18-9(6)10(16-11(13)17-18)15-4-8-14-2-3-19-8/h2-3,5H,4H2,1H3,(H,15,16,17). The van der Waals surface area contributed by atoms with Crippen molar-refractivity contribution in [3.8, 4) is 0 Å². The summed E-state index contributed by atoms with van der Waals surface area (Å²) in [6, 6.07) is 0. The molecule has 1 N–H and O–H groups in total. The zero-order valence-electron chi connectivity index (χ0n) is 9.89. The molecule has 0 saturated carbocycles. The first kappa shape index (κ1) is 12.8. The normalized spacial score (nSPS) is 11.1. The SMILES string of the molecule is Cc1c(Br)cn2nc(Cl)nc(NCc3nccs3)c12. The second-order valence-electron chi connectivity index (χ2n) is 3.90. The third-order valence-electron chi connectivity index (χ3n) is 2.69. The van der Waals surface area contributed by atoms with E-state index in [4.69, 9.17) is 11.6 Å². The van der Waals surface area contributed by atoms with Gasteiger partial charge in [0.25, 0.3) is 0 Å². The quantitative estimate of drug-likeness (QED) is 0.778. The van der Waals surface area contributed by atoms with Crippen LogP contribution in [0.4, 0.5) is 5.82 Å². The molecule has 0 aliphatic carbocycles. The Morgan fingerprint density at radius 2 is 2.37 bits per heavy atom. The molecule has 0 atom stereocenters. The predicted molar refractivity (Wildman–Crippen MR) is 79.9 cm³/mol. The molecule has 0 spiro atoms. The second kappa shape index (κ2) is 5.07. The van der Waals surface area contributed by atoms with Gasteiger partial charge in [0.15, 0.2) is 5.82 Å². The minimum absolute atomic E-state index is 0.205. The Morgan fingerprint density at radius 3 is 3.11 bits per heavy atom. The highest BCUT2D eigenvalue weighted by Crippen LogP contribution is 2.27. The van der Waals surface area contributed by atoms with Gasteiger partial charge in [-0.1, -0.05) is 0 Å². The van der Waals surface area contributed by atoms with E-state index in [1.54, 1.807) is 22.0 Å². The summed E-state index contributed by atoms with van der Waals surface area (Å²) in [6.45, 7) is 2.62. The maximum Gasteiger partial charge on any atom is 0.243 e. The van der Waals surface area contributed by atoms with Gasteiger partial charge in [0.1, 0.15) is 10.5 Å². The van der Waals surface area contributed by atoms with Crippen molar-refractivity contribution in [2.45, 2.75) is 13.5 Å². The molecule has 0 amide bonds. The van der Waals surface area contributed by atoms with Gasteiger partial charge in [-0.3, -0.25) is 0 Å². The van der Waals surface area contributed by atoms with Crippen molar-refractivity contribution < 1.29 is 0 Å². The number of hydrogen-bond donors (Lipinski definition) is 1. The lowest BCUT2D eigenvalue weighted by atomic mass is 10.3. The zero-order chi connectivity index (χ0) is 13.4. The number of hydrogen-bond acceptors (Lipinski definition) is 5. The minimum Gasteiger partial charge on any atom is -0.362 e. The average Bonchev–Trinajstić information content (AvgIpc) is 2.96. The smallest absolute Gasteiger partial charge is 0.243 e. The highest BCUT2D eigenvalue weighted by molar-refractivity contribution is 9.10. The molecule has 3 aromatic heterocycles. The van der Waals surface area contributed by atoms with E-state index in [9.17, 15) is 0 Å². The Labute approximate surface area is 126 Å². The summed E-state index contributed by atoms with van der Waals surface area (Å²) in [5.41, 5.74) is 1.98. The van der Waals surface area contributed by atoms with E-state index in [1.165, 1.54) is 0 Å². The summed E-state index contributed by atoms with van der Waals surface area (Å²) >= 11 is 11.0. The monoisotopic (exact) mass is 357 g/mol. The van der Waals surface area contributed by atoms with Crippen LogP contribution in [0.5, 0.6) is 0 Å². The molecule has 98 valence electrons. The van der Waals surface area contributed by atoms with Crippen molar-refractivity contribution in [2.24, 2.45) is 0 Å². The molecule has 0 aliphatic rings. The molecule has 0 saturated heterocycles. The fraction of sp³-hybridized carbons (Fsp3) is 0.182. The first-order valence-corrected chi connectivity index (χ1v) is 7.53. The Balaban J connectivity index is 2.01. The topological polar surface area (TPSA) is 55.1 Å². The maximum atomic E-state index is 5.93. The van der Waals surface area contributed by atoms with Gasteiger partial charge >= 0.3 is 0 Å². The first-order valence-electron chi connectivity index (χ1n) is 5.48. The van der Waals surface area contributed by atoms with Gasteiger partial charge in [-0.05, 0) is 40.0 Å². The number of aryl methyl sites for hydroxylation is 1. The molecule has 3 rings (SSSR count). The lowest BCUT2D eigenvalue weighted by molar-refractivity contribution is 0.898. The maximum absolute atomic E-state index is 5.93. The molecule has 8 heteroatoms. The fourth-order valence-electron chi connectivity index (χ4n) is 1.80. The summed E-state index contributed by atoms with van der Waals surface area (Å²) in [7, 11) is 0. The van der Waals surface area contributed by atoms with Crippen LogP contribution in [0.15, 0.2) is 22.2 Å². The Kier molecular flexibility index (Phi) is 3.42. The van der Waals surface area contributed by atoms with E-state index < -0.39 is 0 Å². The highest BCUT2D eigenvalue weighted by Gasteiger charge is 2.13. The number of rotatable bonds is 3. The molecule has 0 unspecified atom stereocenters. The number of nitrogens with zero attached hydrogens (tertiary/aromatic N) is 4. The van der Waals surface area contributed by atoms with Gasteiger partial charge in [0, 0.05) is 22.2 Å². The fourth-order valence-corrected chi connectivity index (χ4v) is 2.90. The van der Waals surface area contributed by atoms with Crippen LogP contribution >= 0.6 is 38.9 Å². The summed E-state index contributed by atoms with van der Waals surface area (Å²) in [6.07, 6.45) is 3.65. The molecular formula is C11H9BrClN5S. The van der Waals surface area contributed by atoms with Crippen molar-refractivity contribution in [3.05, 3.63) is 38.1 Å². The third-order valence-corrected chi connectivity index (χ3v) is 4.43. The lowest BCUT2D eigenvalue weighted by Gasteiger charge is -2.07. The van der Waals surface area contributed by atoms with E-state index in [2.05, 4.69) is 36.3 Å². The van der Waals surface area contributed by atoms with Gasteiger partial charge in [-0.15, -0.1) is 16.4 Å². The van der Waals surface area contributed by atoms with Crippen LogP contribution in [0.1, 0.15) is 10.6 Å². The average molecular weight is 359 g/mol. The van der Waals surface area contributed by atoms with Crippen molar-refractivity contribution >= 4 is 50.2 Å². The van der Waals surface area contributed by atoms with E-state index >= 15 is 0 Å². The number of aromatic nitrogens is 4. The van der Waals surface area contributed by atoms with E-state index in [0.29, 0.717) is 12.4 Å². The Bertz CT molecular complexity index is 724. The third kappa shape index (κ3) is 2.45. The van der Waals surface area contributed by atoms with Crippen LogP contribution in [-0.4, -0.2) is 19.6 Å². The van der Waals surface area contributed by atoms with E-state index in [-0.39, 0.29) is 5.28 Å². The molecule has 0 aromatic carbocycles. The number of halogens is 2. The van der Waals surface area contributed by atoms with Gasteiger partial charge in [-0.25, -0.2) is 9.50 Å². The van der Waals surface area contributed by atoms with Crippen LogP contribution in [0.2, 0.25) is 5.28 Å². The highest BCUT2D eigenvalue weighted by atomic mass is 79.9. The Hall–Kier alpha value is -1.18. The van der Waals surface area contributed by atoms with Crippen molar-refractivity contribution in [1.29, 1.82) is 0 Å². The first-order chi connectivity index (χ1) is 9.15. The van der Waals surface area contributed by atoms with Crippen LogP contribution in [0.25, 0.3) is 5.52 Å². The van der Waals surface area contributed by atoms with Gasteiger partial charge in [0.2, 0.25) is 5.28 Å². The molecule has 0 aliphatic heterocycles. The Morgan fingerprint density at radius 1 is 1.53 bits per heavy atom. The summed E-state index contributed by atoms with van der Waals surface area (Å²) < 4.78 is 2.69. The number of fused-ring (bicyclic) bond motifs is 1. The van der Waals surface area contributed by atoms with Gasteiger partial charge in [-0.2, -0.15) is 4.98 Å². The van der Waals surface area contributed by atoms with Crippen molar-refractivity contribution in [2.75, 3.05) is 5.32 Å². The van der Waals surface area contributed by atoms with Crippen molar-refractivity contribution in [3.63, 3.8) is 0 Å². The van der Waals surface area contributed by atoms with Gasteiger partial charge in [0.05, 0.1) is 6.54 Å². The summed E-state index contributed by atoms with van der Waals surface area (Å²) in [5.74, 6) is 0.707. The zero-order valence-corrected chi connectivity index (χ0v) is 13.1. The predicted octanol–water partition coefficient (Wildman–Crippen LogP) is 3.52. The number of thiazole rings is 1. The largest absolute Gasteiger partial charge is 0.362 e. The molecule has 0 bridgehead atoms. The van der Waals surface area contributed by atoms with E-state index in [1.807, 2.05) is 18.5 Å². The van der Waals surface area contributed by atoms with Crippen LogP contribution in [-0.2, 0) is 6.54 Å².